The van der Waals surface area contributed by atoms with Gasteiger partial charge in [-0.15, -0.1) is 0 Å². The lowest BCUT2D eigenvalue weighted by Gasteiger charge is -2.24. The summed E-state index contributed by atoms with van der Waals surface area (Å²) >= 11 is 0. The molecule has 2 aromatic carbocycles. The fourth-order valence-corrected chi connectivity index (χ4v) is 2.89. The quantitative estimate of drug-likeness (QED) is 0.419. The Balaban J connectivity index is -0.000000423. The Morgan fingerprint density at radius 2 is 1.11 bits per heavy atom. The standard InChI is InChI=1S/C12H17NO.C7H9N.C5H8O2.2C2H6.2CH4/c1-10-2-4-11(5-3-10)13-12-6-8-14-9-7-12;1-6-2-4-7(8)5-3-6;6-5-1-3-7-4-2-5;2*1-2;;/h2-5,12-13H,6-9H2,1H3;2-5H,8H2,1H3;1-4H2;2*1-2H3;2*1H4. The van der Waals surface area contributed by atoms with Crippen molar-refractivity contribution in [3.8, 4) is 0 Å². The molecule has 0 saturated carbocycles. The Labute approximate surface area is 216 Å². The Morgan fingerprint density at radius 3 is 1.49 bits per heavy atom. The van der Waals surface area contributed by atoms with E-state index in [9.17, 15) is 4.79 Å². The second kappa shape index (κ2) is 24.7. The number of carbonyl (C=O) groups is 1. The van der Waals surface area contributed by atoms with Crippen molar-refractivity contribution in [3.05, 3.63) is 59.7 Å². The highest BCUT2D eigenvalue weighted by molar-refractivity contribution is 5.79. The monoisotopic (exact) mass is 490 g/mol. The van der Waals surface area contributed by atoms with E-state index < -0.39 is 0 Å². The summed E-state index contributed by atoms with van der Waals surface area (Å²) in [7, 11) is 0. The first-order valence-electron chi connectivity index (χ1n) is 12.4. The molecule has 2 saturated heterocycles. The average Bonchev–Trinajstić information content (AvgIpc) is 2.87. The molecule has 5 nitrogen and oxygen atoms in total. The molecule has 2 heterocycles. The highest BCUT2D eigenvalue weighted by Gasteiger charge is 2.12. The number of Topliss-reactive ketones (excluding diaryl/α,β-unsaturated/α-hetero) is 1. The fourth-order valence-electron chi connectivity index (χ4n) is 2.89. The third-order valence-electron chi connectivity index (χ3n) is 4.77. The van der Waals surface area contributed by atoms with Gasteiger partial charge in [0.2, 0.25) is 0 Å². The van der Waals surface area contributed by atoms with Gasteiger partial charge in [-0.3, -0.25) is 4.79 Å². The molecule has 0 aliphatic carbocycles. The summed E-state index contributed by atoms with van der Waals surface area (Å²) < 4.78 is 10.2. The molecule has 0 radical (unpaired) electrons. The summed E-state index contributed by atoms with van der Waals surface area (Å²) in [5, 5.41) is 3.53. The Kier molecular flexibility index (Phi) is 26.3. The van der Waals surface area contributed by atoms with Gasteiger partial charge < -0.3 is 20.5 Å². The summed E-state index contributed by atoms with van der Waals surface area (Å²) in [5.41, 5.74) is 10.0. The number of carbonyl (C=O) groups excluding carboxylic acids is 1. The van der Waals surface area contributed by atoms with Crippen molar-refractivity contribution in [1.29, 1.82) is 0 Å². The molecule has 0 bridgehead atoms. The zero-order valence-electron chi connectivity index (χ0n) is 21.7. The van der Waals surface area contributed by atoms with Gasteiger partial charge in [-0.25, -0.2) is 0 Å². The largest absolute Gasteiger partial charge is 0.399 e. The minimum atomic E-state index is 0. The van der Waals surface area contributed by atoms with E-state index in [1.165, 1.54) is 16.8 Å². The molecule has 0 amide bonds. The van der Waals surface area contributed by atoms with Crippen LogP contribution in [0.25, 0.3) is 0 Å². The summed E-state index contributed by atoms with van der Waals surface area (Å²) in [4.78, 5) is 10.4. The van der Waals surface area contributed by atoms with Crippen molar-refractivity contribution in [1.82, 2.24) is 0 Å². The molecule has 4 rings (SSSR count). The molecule has 0 unspecified atom stereocenters. The highest BCUT2D eigenvalue weighted by Crippen LogP contribution is 2.15. The molecule has 2 fully saturated rings. The van der Waals surface area contributed by atoms with Gasteiger partial charge in [0, 0.05) is 43.5 Å². The summed E-state index contributed by atoms with van der Waals surface area (Å²) in [5.74, 6) is 0.339. The molecule has 2 aliphatic rings. The fraction of sp³-hybridized carbons (Fsp3) is 0.567. The van der Waals surface area contributed by atoms with Crippen molar-refractivity contribution in [2.45, 2.75) is 88.1 Å². The minimum Gasteiger partial charge on any atom is -0.399 e. The first-order valence-corrected chi connectivity index (χ1v) is 12.4. The lowest BCUT2D eigenvalue weighted by Crippen LogP contribution is -2.27. The molecule has 35 heavy (non-hydrogen) atoms. The Bertz CT molecular complexity index is 680. The van der Waals surface area contributed by atoms with Crippen LogP contribution in [0, 0.1) is 13.8 Å². The Hall–Kier alpha value is -2.37. The normalized spacial score (nSPS) is 14.2. The van der Waals surface area contributed by atoms with Gasteiger partial charge >= 0.3 is 0 Å². The van der Waals surface area contributed by atoms with Gasteiger partial charge in [0.25, 0.3) is 0 Å². The number of hydrogen-bond acceptors (Lipinski definition) is 5. The van der Waals surface area contributed by atoms with Gasteiger partial charge in [0.15, 0.2) is 0 Å². The van der Waals surface area contributed by atoms with Crippen LogP contribution >= 0.6 is 0 Å². The maximum absolute atomic E-state index is 10.4. The summed E-state index contributed by atoms with van der Waals surface area (Å²) in [6.45, 7) is 15.2. The van der Waals surface area contributed by atoms with Gasteiger partial charge in [0.05, 0.1) is 13.2 Å². The first-order chi connectivity index (χ1) is 16.0. The maximum Gasteiger partial charge on any atom is 0.137 e. The van der Waals surface area contributed by atoms with E-state index in [1.54, 1.807) is 0 Å². The number of nitrogens with two attached hydrogens (primary N) is 1. The molecule has 0 atom stereocenters. The molecule has 5 heteroatoms. The predicted molar refractivity (Wildman–Crippen MR) is 155 cm³/mol. The molecule has 2 aromatic rings. The zero-order chi connectivity index (χ0) is 24.9. The number of ether oxygens (including phenoxy) is 2. The van der Waals surface area contributed by atoms with Gasteiger partial charge in [-0.05, 0) is 51.0 Å². The van der Waals surface area contributed by atoms with Gasteiger partial charge in [-0.2, -0.15) is 0 Å². The molecule has 0 aromatic heterocycles. The zero-order valence-corrected chi connectivity index (χ0v) is 21.7. The number of rotatable bonds is 2. The molecular weight excluding hydrogens is 436 g/mol. The van der Waals surface area contributed by atoms with Gasteiger partial charge in [-0.1, -0.05) is 77.9 Å². The SMILES string of the molecule is C.C.CC.CC.Cc1ccc(N)cc1.Cc1ccc(NC2CCOCC2)cc1.O=C1CCOCC1. The van der Waals surface area contributed by atoms with Crippen LogP contribution in [0.5, 0.6) is 0 Å². The average molecular weight is 491 g/mol. The van der Waals surface area contributed by atoms with Crippen LogP contribution in [0.15, 0.2) is 48.5 Å². The van der Waals surface area contributed by atoms with Crippen molar-refractivity contribution in [3.63, 3.8) is 0 Å². The third-order valence-corrected chi connectivity index (χ3v) is 4.77. The molecule has 3 N–H and O–H groups in total. The van der Waals surface area contributed by atoms with Crippen molar-refractivity contribution < 1.29 is 14.3 Å². The smallest absolute Gasteiger partial charge is 0.137 e. The van der Waals surface area contributed by atoms with Crippen LogP contribution in [-0.4, -0.2) is 38.3 Å². The van der Waals surface area contributed by atoms with E-state index >= 15 is 0 Å². The van der Waals surface area contributed by atoms with Crippen molar-refractivity contribution in [2.75, 3.05) is 37.5 Å². The van der Waals surface area contributed by atoms with Crippen molar-refractivity contribution in [2.24, 2.45) is 0 Å². The van der Waals surface area contributed by atoms with E-state index in [1.807, 2.05) is 58.9 Å². The predicted octanol–water partition coefficient (Wildman–Crippen LogP) is 7.85. The topological polar surface area (TPSA) is 73.6 Å². The van der Waals surface area contributed by atoms with E-state index in [0.717, 1.165) is 31.7 Å². The van der Waals surface area contributed by atoms with Gasteiger partial charge in [0.1, 0.15) is 5.78 Å². The van der Waals surface area contributed by atoms with Crippen LogP contribution in [0.2, 0.25) is 0 Å². The Morgan fingerprint density at radius 1 is 0.714 bits per heavy atom. The molecule has 2 aliphatic heterocycles. The number of nitrogens with one attached hydrogen (secondary N) is 1. The first kappa shape index (κ1) is 37.2. The lowest BCUT2D eigenvalue weighted by molar-refractivity contribution is -0.124. The van der Waals surface area contributed by atoms with Crippen LogP contribution in [0.4, 0.5) is 11.4 Å². The van der Waals surface area contributed by atoms with Crippen LogP contribution in [0.1, 0.15) is 79.4 Å². The number of aryl methyl sites for hydroxylation is 2. The van der Waals surface area contributed by atoms with Crippen LogP contribution < -0.4 is 11.1 Å². The highest BCUT2D eigenvalue weighted by atomic mass is 16.5. The molecule has 0 spiro atoms. The van der Waals surface area contributed by atoms with E-state index in [2.05, 4.69) is 36.5 Å². The second-order valence-corrected chi connectivity index (χ2v) is 7.46. The maximum atomic E-state index is 10.4. The summed E-state index contributed by atoms with van der Waals surface area (Å²) in [6.07, 6.45) is 3.49. The van der Waals surface area contributed by atoms with Crippen molar-refractivity contribution >= 4 is 17.2 Å². The molecular formula is C30H54N2O3. The van der Waals surface area contributed by atoms with E-state index in [-0.39, 0.29) is 14.9 Å². The van der Waals surface area contributed by atoms with E-state index in [4.69, 9.17) is 15.2 Å². The molecule has 202 valence electrons. The number of nitrogen functional groups attached to an aromatic ring is 1. The summed E-state index contributed by atoms with van der Waals surface area (Å²) in [6, 6.07) is 16.9. The number of anilines is 2. The lowest BCUT2D eigenvalue weighted by atomic mass is 10.1. The second-order valence-electron chi connectivity index (χ2n) is 7.46. The number of benzene rings is 2. The van der Waals surface area contributed by atoms with E-state index in [0.29, 0.717) is 37.9 Å². The van der Waals surface area contributed by atoms with Crippen LogP contribution in [-0.2, 0) is 14.3 Å². The number of hydrogen-bond donors (Lipinski definition) is 2. The third kappa shape index (κ3) is 19.6. The van der Waals surface area contributed by atoms with Crippen LogP contribution in [0.3, 0.4) is 0 Å². The minimum absolute atomic E-state index is 0. The number of ketones is 1.